The first-order valence-corrected chi connectivity index (χ1v) is 6.75. The third-order valence-corrected chi connectivity index (χ3v) is 4.13. The standard InChI is InChI=1S/C12H14Cl3NO/c13-10-1-2-11(14)12(15)9(10)7-16-8-3-5-17-6-4-8/h1-2,8,16H,3-7H2. The van der Waals surface area contributed by atoms with Crippen molar-refractivity contribution in [2.75, 3.05) is 13.2 Å². The Labute approximate surface area is 116 Å². The number of rotatable bonds is 3. The van der Waals surface area contributed by atoms with E-state index in [1.807, 2.05) is 0 Å². The number of hydrogen-bond acceptors (Lipinski definition) is 2. The molecule has 94 valence electrons. The lowest BCUT2D eigenvalue weighted by Gasteiger charge is -2.23. The third-order valence-electron chi connectivity index (χ3n) is 2.93. The van der Waals surface area contributed by atoms with Gasteiger partial charge in [-0.1, -0.05) is 34.8 Å². The molecule has 1 heterocycles. The second-order valence-corrected chi connectivity index (χ2v) is 5.28. The number of benzene rings is 1. The minimum Gasteiger partial charge on any atom is -0.381 e. The van der Waals surface area contributed by atoms with Crippen LogP contribution in [0, 0.1) is 0 Å². The van der Waals surface area contributed by atoms with Gasteiger partial charge in [-0.25, -0.2) is 0 Å². The molecule has 1 saturated heterocycles. The highest BCUT2D eigenvalue weighted by Crippen LogP contribution is 2.31. The van der Waals surface area contributed by atoms with Gasteiger partial charge in [0.15, 0.2) is 0 Å². The molecule has 0 saturated carbocycles. The lowest BCUT2D eigenvalue weighted by atomic mass is 10.1. The molecule has 2 rings (SSSR count). The Morgan fingerprint density at radius 1 is 1.12 bits per heavy atom. The van der Waals surface area contributed by atoms with E-state index in [4.69, 9.17) is 39.5 Å². The van der Waals surface area contributed by atoms with Gasteiger partial charge in [-0.05, 0) is 25.0 Å². The van der Waals surface area contributed by atoms with Crippen LogP contribution in [0.1, 0.15) is 18.4 Å². The van der Waals surface area contributed by atoms with E-state index in [0.717, 1.165) is 31.6 Å². The smallest absolute Gasteiger partial charge is 0.0652 e. The molecule has 2 nitrogen and oxygen atoms in total. The number of ether oxygens (including phenoxy) is 1. The van der Waals surface area contributed by atoms with Gasteiger partial charge in [0.2, 0.25) is 0 Å². The molecule has 5 heteroatoms. The predicted octanol–water partition coefficient (Wildman–Crippen LogP) is 3.92. The number of nitrogens with one attached hydrogen (secondary N) is 1. The van der Waals surface area contributed by atoms with Crippen LogP contribution in [0.5, 0.6) is 0 Å². The van der Waals surface area contributed by atoms with E-state index in [0.29, 0.717) is 27.7 Å². The van der Waals surface area contributed by atoms with Gasteiger partial charge < -0.3 is 10.1 Å². The van der Waals surface area contributed by atoms with Crippen LogP contribution in [-0.4, -0.2) is 19.3 Å². The van der Waals surface area contributed by atoms with Crippen molar-refractivity contribution in [1.82, 2.24) is 5.32 Å². The molecule has 1 aromatic carbocycles. The van der Waals surface area contributed by atoms with Crippen molar-refractivity contribution >= 4 is 34.8 Å². The molecule has 0 radical (unpaired) electrons. The summed E-state index contributed by atoms with van der Waals surface area (Å²) in [7, 11) is 0. The largest absolute Gasteiger partial charge is 0.381 e. The van der Waals surface area contributed by atoms with Gasteiger partial charge in [0.25, 0.3) is 0 Å². The van der Waals surface area contributed by atoms with Crippen molar-refractivity contribution in [2.45, 2.75) is 25.4 Å². The van der Waals surface area contributed by atoms with Gasteiger partial charge in [0.05, 0.1) is 10.0 Å². The van der Waals surface area contributed by atoms with Gasteiger partial charge in [-0.3, -0.25) is 0 Å². The van der Waals surface area contributed by atoms with E-state index < -0.39 is 0 Å². The van der Waals surface area contributed by atoms with Crippen molar-refractivity contribution in [2.24, 2.45) is 0 Å². The van der Waals surface area contributed by atoms with Crippen molar-refractivity contribution in [1.29, 1.82) is 0 Å². The van der Waals surface area contributed by atoms with E-state index in [1.54, 1.807) is 12.1 Å². The highest BCUT2D eigenvalue weighted by Gasteiger charge is 2.15. The summed E-state index contributed by atoms with van der Waals surface area (Å²) >= 11 is 18.2. The quantitative estimate of drug-likeness (QED) is 0.853. The summed E-state index contributed by atoms with van der Waals surface area (Å²) in [5.74, 6) is 0. The van der Waals surface area contributed by atoms with Crippen LogP contribution in [0.4, 0.5) is 0 Å². The van der Waals surface area contributed by atoms with Crippen LogP contribution in [0.2, 0.25) is 15.1 Å². The molecule has 0 aromatic heterocycles. The summed E-state index contributed by atoms with van der Waals surface area (Å²) in [5.41, 5.74) is 0.868. The Hall–Kier alpha value is 0.01000. The molecular formula is C12H14Cl3NO. The molecule has 1 fully saturated rings. The molecule has 1 aliphatic rings. The summed E-state index contributed by atoms with van der Waals surface area (Å²) in [6.07, 6.45) is 2.05. The fourth-order valence-corrected chi connectivity index (χ4v) is 2.56. The van der Waals surface area contributed by atoms with Gasteiger partial charge in [-0.2, -0.15) is 0 Å². The van der Waals surface area contributed by atoms with Crippen LogP contribution in [-0.2, 0) is 11.3 Å². The number of halogens is 3. The Morgan fingerprint density at radius 3 is 2.47 bits per heavy atom. The van der Waals surface area contributed by atoms with E-state index >= 15 is 0 Å². The molecule has 0 bridgehead atoms. The molecule has 0 unspecified atom stereocenters. The average molecular weight is 295 g/mol. The van der Waals surface area contributed by atoms with Gasteiger partial charge in [-0.15, -0.1) is 0 Å². The zero-order valence-electron chi connectivity index (χ0n) is 9.31. The average Bonchev–Trinajstić information content (AvgIpc) is 2.35. The van der Waals surface area contributed by atoms with Gasteiger partial charge >= 0.3 is 0 Å². The summed E-state index contributed by atoms with van der Waals surface area (Å²) in [6, 6.07) is 3.95. The van der Waals surface area contributed by atoms with Crippen LogP contribution in [0.15, 0.2) is 12.1 Å². The first kappa shape index (κ1) is 13.4. The maximum absolute atomic E-state index is 6.14. The predicted molar refractivity (Wildman–Crippen MR) is 72.2 cm³/mol. The highest BCUT2D eigenvalue weighted by molar-refractivity contribution is 6.44. The van der Waals surface area contributed by atoms with E-state index in [-0.39, 0.29) is 0 Å². The maximum Gasteiger partial charge on any atom is 0.0652 e. The van der Waals surface area contributed by atoms with Crippen molar-refractivity contribution < 1.29 is 4.74 Å². The van der Waals surface area contributed by atoms with Crippen molar-refractivity contribution in [3.63, 3.8) is 0 Å². The van der Waals surface area contributed by atoms with E-state index in [9.17, 15) is 0 Å². The minimum absolute atomic E-state index is 0.467. The van der Waals surface area contributed by atoms with Crippen LogP contribution in [0.3, 0.4) is 0 Å². The summed E-state index contributed by atoms with van der Waals surface area (Å²) in [4.78, 5) is 0. The highest BCUT2D eigenvalue weighted by atomic mass is 35.5. The minimum atomic E-state index is 0.467. The fourth-order valence-electron chi connectivity index (χ4n) is 1.88. The summed E-state index contributed by atoms with van der Waals surface area (Å²) in [6.45, 7) is 2.27. The zero-order chi connectivity index (χ0) is 12.3. The second-order valence-electron chi connectivity index (χ2n) is 4.09. The van der Waals surface area contributed by atoms with Crippen LogP contribution < -0.4 is 5.32 Å². The Kier molecular flexibility index (Phi) is 4.95. The Balaban J connectivity index is 2.00. The molecule has 1 aromatic rings. The number of hydrogen-bond donors (Lipinski definition) is 1. The monoisotopic (exact) mass is 293 g/mol. The lowest BCUT2D eigenvalue weighted by Crippen LogP contribution is -2.34. The van der Waals surface area contributed by atoms with Crippen LogP contribution >= 0.6 is 34.8 Å². The van der Waals surface area contributed by atoms with E-state index in [1.165, 1.54) is 0 Å². The van der Waals surface area contributed by atoms with Gasteiger partial charge in [0.1, 0.15) is 0 Å². The molecule has 0 spiro atoms. The summed E-state index contributed by atoms with van der Waals surface area (Å²) in [5, 5.41) is 5.17. The molecule has 0 aliphatic carbocycles. The molecule has 1 N–H and O–H groups in total. The van der Waals surface area contributed by atoms with Crippen molar-refractivity contribution in [3.8, 4) is 0 Å². The second kappa shape index (κ2) is 6.26. The zero-order valence-corrected chi connectivity index (χ0v) is 11.6. The molecule has 0 amide bonds. The lowest BCUT2D eigenvalue weighted by molar-refractivity contribution is 0.0776. The van der Waals surface area contributed by atoms with Crippen molar-refractivity contribution in [3.05, 3.63) is 32.8 Å². The topological polar surface area (TPSA) is 21.3 Å². The van der Waals surface area contributed by atoms with Gasteiger partial charge in [0, 0.05) is 36.4 Å². The van der Waals surface area contributed by atoms with E-state index in [2.05, 4.69) is 5.32 Å². The summed E-state index contributed by atoms with van der Waals surface area (Å²) < 4.78 is 5.31. The Morgan fingerprint density at radius 2 is 1.76 bits per heavy atom. The molecule has 0 atom stereocenters. The third kappa shape index (κ3) is 3.49. The maximum atomic E-state index is 6.14. The SMILES string of the molecule is Clc1ccc(Cl)c(CNC2CCOCC2)c1Cl. The molecular weight excluding hydrogens is 280 g/mol. The fraction of sp³-hybridized carbons (Fsp3) is 0.500. The Bertz CT molecular complexity index is 392. The normalized spacial score (nSPS) is 17.4. The molecule has 17 heavy (non-hydrogen) atoms. The van der Waals surface area contributed by atoms with Crippen LogP contribution in [0.25, 0.3) is 0 Å². The first-order valence-electron chi connectivity index (χ1n) is 5.62. The molecule has 1 aliphatic heterocycles. The first-order chi connectivity index (χ1) is 8.18.